The van der Waals surface area contributed by atoms with E-state index in [1.807, 2.05) is 6.07 Å². The molecule has 0 amide bonds. The van der Waals surface area contributed by atoms with Crippen LogP contribution in [0.1, 0.15) is 48.7 Å². The lowest BCUT2D eigenvalue weighted by atomic mass is 10.1. The maximum absolute atomic E-state index is 12.0. The van der Waals surface area contributed by atoms with E-state index in [9.17, 15) is 10.0 Å². The van der Waals surface area contributed by atoms with Crippen molar-refractivity contribution in [3.8, 4) is 0 Å². The molecule has 0 bridgehead atoms. The SMILES string of the molecule is CCCCCCOCc1c(C(=O)OC)n(O)c2cccc(Br)c12. The summed E-state index contributed by atoms with van der Waals surface area (Å²) in [5, 5.41) is 11.1. The summed E-state index contributed by atoms with van der Waals surface area (Å²) in [4.78, 5) is 12.0. The van der Waals surface area contributed by atoms with Gasteiger partial charge in [0.05, 0.1) is 19.2 Å². The molecule has 2 aromatic rings. The van der Waals surface area contributed by atoms with Crippen molar-refractivity contribution in [1.82, 2.24) is 4.73 Å². The Morgan fingerprint density at radius 2 is 2.09 bits per heavy atom. The van der Waals surface area contributed by atoms with Crippen LogP contribution < -0.4 is 0 Å². The quantitative estimate of drug-likeness (QED) is 0.413. The Balaban J connectivity index is 2.27. The fourth-order valence-electron chi connectivity index (χ4n) is 2.61. The Labute approximate surface area is 144 Å². The zero-order valence-corrected chi connectivity index (χ0v) is 15.1. The van der Waals surface area contributed by atoms with E-state index in [1.165, 1.54) is 20.0 Å². The normalized spacial score (nSPS) is 11.1. The molecular weight excluding hydrogens is 362 g/mol. The van der Waals surface area contributed by atoms with Gasteiger partial charge in [-0.1, -0.05) is 48.2 Å². The molecule has 126 valence electrons. The van der Waals surface area contributed by atoms with Crippen LogP contribution in [0, 0.1) is 0 Å². The average molecular weight is 384 g/mol. The van der Waals surface area contributed by atoms with Crippen molar-refractivity contribution in [1.29, 1.82) is 0 Å². The van der Waals surface area contributed by atoms with Crippen LogP contribution in [0.3, 0.4) is 0 Å². The highest BCUT2D eigenvalue weighted by atomic mass is 79.9. The molecule has 0 aliphatic rings. The fraction of sp³-hybridized carbons (Fsp3) is 0.471. The van der Waals surface area contributed by atoms with Gasteiger partial charge >= 0.3 is 5.97 Å². The lowest BCUT2D eigenvalue weighted by molar-refractivity contribution is 0.0541. The van der Waals surface area contributed by atoms with Crippen molar-refractivity contribution in [2.24, 2.45) is 0 Å². The number of carbonyl (C=O) groups excluding carboxylic acids is 1. The molecule has 5 nitrogen and oxygen atoms in total. The van der Waals surface area contributed by atoms with E-state index >= 15 is 0 Å². The van der Waals surface area contributed by atoms with Crippen molar-refractivity contribution in [2.45, 2.75) is 39.2 Å². The number of fused-ring (bicyclic) bond motifs is 1. The van der Waals surface area contributed by atoms with E-state index in [0.29, 0.717) is 17.7 Å². The molecule has 0 atom stereocenters. The van der Waals surface area contributed by atoms with Crippen LogP contribution >= 0.6 is 15.9 Å². The van der Waals surface area contributed by atoms with Gasteiger partial charge in [0.25, 0.3) is 0 Å². The molecule has 0 fully saturated rings. The molecule has 1 aromatic carbocycles. The van der Waals surface area contributed by atoms with Gasteiger partial charge in [-0.2, -0.15) is 4.73 Å². The molecule has 1 aromatic heterocycles. The number of nitrogens with zero attached hydrogens (tertiary/aromatic N) is 1. The van der Waals surface area contributed by atoms with Crippen molar-refractivity contribution in [2.75, 3.05) is 13.7 Å². The molecule has 0 radical (unpaired) electrons. The van der Waals surface area contributed by atoms with Crippen molar-refractivity contribution in [3.05, 3.63) is 33.9 Å². The molecule has 23 heavy (non-hydrogen) atoms. The number of carbonyl (C=O) groups is 1. The highest BCUT2D eigenvalue weighted by molar-refractivity contribution is 9.10. The Kier molecular flexibility index (Phi) is 6.47. The first-order valence-corrected chi connectivity index (χ1v) is 8.58. The molecule has 0 aliphatic carbocycles. The molecule has 0 aliphatic heterocycles. The number of hydrogen-bond acceptors (Lipinski definition) is 4. The molecule has 6 heteroatoms. The maximum Gasteiger partial charge on any atom is 0.358 e. The van der Waals surface area contributed by atoms with Gasteiger partial charge in [-0.15, -0.1) is 0 Å². The van der Waals surface area contributed by atoms with Gasteiger partial charge in [-0.05, 0) is 18.6 Å². The second kappa shape index (κ2) is 8.36. The predicted octanol–water partition coefficient (Wildman–Crippen LogP) is 4.52. The molecule has 0 saturated carbocycles. The molecular formula is C17H22BrNO4. The first kappa shape index (κ1) is 17.8. The Morgan fingerprint density at radius 3 is 2.78 bits per heavy atom. The van der Waals surface area contributed by atoms with Gasteiger partial charge in [0.15, 0.2) is 5.69 Å². The Morgan fingerprint density at radius 1 is 1.30 bits per heavy atom. The van der Waals surface area contributed by atoms with Gasteiger partial charge in [0.1, 0.15) is 0 Å². The summed E-state index contributed by atoms with van der Waals surface area (Å²) < 4.78 is 12.2. The Bertz CT molecular complexity index is 681. The molecule has 0 spiro atoms. The number of halogens is 1. The molecule has 2 rings (SSSR count). The van der Waals surface area contributed by atoms with E-state index in [1.54, 1.807) is 12.1 Å². The minimum absolute atomic E-state index is 0.114. The lowest BCUT2D eigenvalue weighted by Crippen LogP contribution is -2.11. The summed E-state index contributed by atoms with van der Waals surface area (Å²) in [6.07, 6.45) is 4.49. The van der Waals surface area contributed by atoms with E-state index < -0.39 is 5.97 Å². The fourth-order valence-corrected chi connectivity index (χ4v) is 3.20. The number of ether oxygens (including phenoxy) is 2. The number of methoxy groups -OCH3 is 1. The zero-order valence-electron chi connectivity index (χ0n) is 13.5. The van der Waals surface area contributed by atoms with Crippen molar-refractivity contribution in [3.63, 3.8) is 0 Å². The number of benzene rings is 1. The first-order valence-electron chi connectivity index (χ1n) is 7.78. The van der Waals surface area contributed by atoms with Crippen LogP contribution in [0.25, 0.3) is 10.9 Å². The summed E-state index contributed by atoms with van der Waals surface area (Å²) in [7, 11) is 1.30. The van der Waals surface area contributed by atoms with E-state index in [2.05, 4.69) is 22.9 Å². The largest absolute Gasteiger partial charge is 0.464 e. The summed E-state index contributed by atoms with van der Waals surface area (Å²) in [5.74, 6) is -0.583. The Hall–Kier alpha value is -1.53. The maximum atomic E-state index is 12.0. The van der Waals surface area contributed by atoms with Gasteiger partial charge in [0, 0.05) is 22.0 Å². The van der Waals surface area contributed by atoms with Gasteiger partial charge in [-0.3, -0.25) is 0 Å². The van der Waals surface area contributed by atoms with Crippen LogP contribution in [0.2, 0.25) is 0 Å². The number of aromatic nitrogens is 1. The van der Waals surface area contributed by atoms with Gasteiger partial charge in [0.2, 0.25) is 0 Å². The lowest BCUT2D eigenvalue weighted by Gasteiger charge is -2.07. The van der Waals surface area contributed by atoms with Crippen LogP contribution in [-0.2, 0) is 16.1 Å². The third-order valence-corrected chi connectivity index (χ3v) is 4.45. The average Bonchev–Trinajstić information content (AvgIpc) is 2.84. The smallest absolute Gasteiger partial charge is 0.358 e. The number of unbranched alkanes of at least 4 members (excludes halogenated alkanes) is 3. The van der Waals surface area contributed by atoms with Crippen LogP contribution in [0.15, 0.2) is 22.7 Å². The summed E-state index contributed by atoms with van der Waals surface area (Å²) >= 11 is 3.48. The predicted molar refractivity (Wildman–Crippen MR) is 92.0 cm³/mol. The standard InChI is InChI=1S/C17H22BrNO4/c1-3-4-5-6-10-23-11-12-15-13(18)8-7-9-14(15)19(21)16(12)17(20)22-2/h7-9,21H,3-6,10-11H2,1-2H3. The van der Waals surface area contributed by atoms with Crippen LogP contribution in [0.4, 0.5) is 0 Å². The topological polar surface area (TPSA) is 60.7 Å². The highest BCUT2D eigenvalue weighted by Gasteiger charge is 2.24. The number of hydrogen-bond donors (Lipinski definition) is 1. The van der Waals surface area contributed by atoms with E-state index in [4.69, 9.17) is 9.47 Å². The number of rotatable bonds is 8. The summed E-state index contributed by atoms with van der Waals surface area (Å²) in [6, 6.07) is 5.42. The van der Waals surface area contributed by atoms with Crippen molar-refractivity contribution < 1.29 is 19.5 Å². The van der Waals surface area contributed by atoms with Crippen LogP contribution in [0.5, 0.6) is 0 Å². The van der Waals surface area contributed by atoms with E-state index in [-0.39, 0.29) is 12.3 Å². The second-order valence-electron chi connectivity index (χ2n) is 5.38. The van der Waals surface area contributed by atoms with E-state index in [0.717, 1.165) is 27.4 Å². The van der Waals surface area contributed by atoms with Gasteiger partial charge in [-0.25, -0.2) is 4.79 Å². The molecule has 1 heterocycles. The zero-order chi connectivity index (χ0) is 16.8. The summed E-state index contributed by atoms with van der Waals surface area (Å²) in [5.41, 5.74) is 1.30. The minimum atomic E-state index is -0.583. The highest BCUT2D eigenvalue weighted by Crippen LogP contribution is 2.32. The molecule has 0 unspecified atom stereocenters. The molecule has 0 saturated heterocycles. The minimum Gasteiger partial charge on any atom is -0.464 e. The van der Waals surface area contributed by atoms with Crippen molar-refractivity contribution >= 4 is 32.8 Å². The first-order chi connectivity index (χ1) is 11.1. The third kappa shape index (κ3) is 3.87. The second-order valence-corrected chi connectivity index (χ2v) is 6.23. The van der Waals surface area contributed by atoms with Gasteiger partial charge < -0.3 is 14.7 Å². The number of esters is 1. The summed E-state index contributed by atoms with van der Waals surface area (Å²) in [6.45, 7) is 3.05. The van der Waals surface area contributed by atoms with Crippen LogP contribution in [-0.4, -0.2) is 29.6 Å². The monoisotopic (exact) mass is 383 g/mol. The molecule has 1 N–H and O–H groups in total. The third-order valence-electron chi connectivity index (χ3n) is 3.79.